The Bertz CT molecular complexity index is 1130. The number of hydrogen-bond donors (Lipinski definition) is 3. The van der Waals surface area contributed by atoms with E-state index in [4.69, 9.17) is 5.10 Å². The molecule has 2 aromatic carbocycles. The van der Waals surface area contributed by atoms with Crippen LogP contribution in [0, 0.1) is 13.8 Å². The van der Waals surface area contributed by atoms with Crippen molar-refractivity contribution in [2.45, 2.75) is 39.3 Å². The zero-order valence-electron chi connectivity index (χ0n) is 19.3. The third-order valence-corrected chi connectivity index (χ3v) is 5.99. The maximum Gasteiger partial charge on any atom is 0.225 e. The van der Waals surface area contributed by atoms with Crippen molar-refractivity contribution in [3.8, 4) is 0 Å². The standard InChI is InChI=1S/C25H30N6O.HI/c1-17-22(18(2)31(30-17)16-19-9-5-4-6-10-19)15-28-25(26-3)27-14-20-13-24(32)29-23-12-8-7-11-21(20)23;/h4-12,20H,13-16H2,1-3H3,(H,29,32)(H2,26,27,28);1H. The minimum Gasteiger partial charge on any atom is -0.356 e. The Labute approximate surface area is 212 Å². The number of fused-ring (bicyclic) bond motifs is 1. The zero-order valence-corrected chi connectivity index (χ0v) is 21.6. The molecular weight excluding hydrogens is 527 g/mol. The van der Waals surface area contributed by atoms with Crippen LogP contribution >= 0.6 is 24.0 Å². The third kappa shape index (κ3) is 5.93. The Kier molecular flexibility index (Phi) is 8.49. The predicted octanol–water partition coefficient (Wildman–Crippen LogP) is 3.96. The van der Waals surface area contributed by atoms with Gasteiger partial charge in [-0.3, -0.25) is 14.5 Å². The van der Waals surface area contributed by atoms with Crippen LogP contribution in [0.5, 0.6) is 0 Å². The van der Waals surface area contributed by atoms with Gasteiger partial charge in [-0.05, 0) is 31.0 Å². The summed E-state index contributed by atoms with van der Waals surface area (Å²) in [5, 5.41) is 14.5. The Balaban J connectivity index is 0.00000306. The normalized spacial score (nSPS) is 15.3. The quantitative estimate of drug-likeness (QED) is 0.243. The van der Waals surface area contributed by atoms with Crippen LogP contribution in [0.15, 0.2) is 59.6 Å². The number of guanidine groups is 1. The number of carbonyl (C=O) groups excluding carboxylic acids is 1. The molecule has 0 saturated heterocycles. The van der Waals surface area contributed by atoms with Gasteiger partial charge in [0.1, 0.15) is 0 Å². The van der Waals surface area contributed by atoms with E-state index in [0.717, 1.165) is 29.2 Å². The molecule has 7 nitrogen and oxygen atoms in total. The van der Waals surface area contributed by atoms with Crippen molar-refractivity contribution in [2.24, 2.45) is 4.99 Å². The summed E-state index contributed by atoms with van der Waals surface area (Å²) in [6, 6.07) is 18.3. The SMILES string of the molecule is CN=C(NCc1c(C)nn(Cc2ccccc2)c1C)NCC1CC(=O)Nc2ccccc21.I. The number of aliphatic imine (C=N–C) groups is 1. The monoisotopic (exact) mass is 558 g/mol. The molecule has 0 saturated carbocycles. The molecule has 2 heterocycles. The number of rotatable bonds is 6. The minimum absolute atomic E-state index is 0. The van der Waals surface area contributed by atoms with Crippen molar-refractivity contribution in [1.82, 2.24) is 20.4 Å². The van der Waals surface area contributed by atoms with E-state index in [1.165, 1.54) is 11.1 Å². The first kappa shape index (κ1) is 24.8. The molecule has 0 fully saturated rings. The fraction of sp³-hybridized carbons (Fsp3) is 0.320. The maximum absolute atomic E-state index is 12.1. The number of nitrogens with one attached hydrogen (secondary N) is 3. The predicted molar refractivity (Wildman–Crippen MR) is 143 cm³/mol. The largest absolute Gasteiger partial charge is 0.356 e. The molecule has 1 unspecified atom stereocenters. The lowest BCUT2D eigenvalue weighted by molar-refractivity contribution is -0.116. The molecule has 174 valence electrons. The maximum atomic E-state index is 12.1. The summed E-state index contributed by atoms with van der Waals surface area (Å²) in [6.07, 6.45) is 0.464. The van der Waals surface area contributed by atoms with E-state index in [1.54, 1.807) is 7.05 Å². The van der Waals surface area contributed by atoms with Gasteiger partial charge < -0.3 is 16.0 Å². The Morgan fingerprint density at radius 1 is 1.12 bits per heavy atom. The molecule has 1 amide bonds. The van der Waals surface area contributed by atoms with Crippen LogP contribution in [0.4, 0.5) is 5.69 Å². The summed E-state index contributed by atoms with van der Waals surface area (Å²) in [5.74, 6) is 0.870. The van der Waals surface area contributed by atoms with Gasteiger partial charge in [0.2, 0.25) is 5.91 Å². The second-order valence-electron chi connectivity index (χ2n) is 8.14. The first-order valence-electron chi connectivity index (χ1n) is 10.9. The fourth-order valence-electron chi connectivity index (χ4n) is 4.20. The van der Waals surface area contributed by atoms with E-state index >= 15 is 0 Å². The average Bonchev–Trinajstić information content (AvgIpc) is 3.06. The first-order valence-corrected chi connectivity index (χ1v) is 10.9. The van der Waals surface area contributed by atoms with Crippen molar-refractivity contribution >= 4 is 41.5 Å². The van der Waals surface area contributed by atoms with Gasteiger partial charge >= 0.3 is 0 Å². The third-order valence-electron chi connectivity index (χ3n) is 5.99. The van der Waals surface area contributed by atoms with Crippen LogP contribution in [-0.2, 0) is 17.9 Å². The molecule has 0 spiro atoms. The second kappa shape index (κ2) is 11.3. The number of nitrogens with zero attached hydrogens (tertiary/aromatic N) is 3. The molecular formula is C25H31IN6O. The molecule has 8 heteroatoms. The summed E-state index contributed by atoms with van der Waals surface area (Å²) in [4.78, 5) is 16.4. The number of hydrogen-bond acceptors (Lipinski definition) is 3. The van der Waals surface area contributed by atoms with Crippen LogP contribution < -0.4 is 16.0 Å². The Morgan fingerprint density at radius 2 is 1.85 bits per heavy atom. The lowest BCUT2D eigenvalue weighted by Crippen LogP contribution is -2.40. The molecule has 3 aromatic rings. The number of benzene rings is 2. The number of anilines is 1. The molecule has 1 atom stereocenters. The first-order chi connectivity index (χ1) is 15.5. The number of para-hydroxylation sites is 1. The highest BCUT2D eigenvalue weighted by Crippen LogP contribution is 2.31. The molecule has 0 aliphatic carbocycles. The van der Waals surface area contributed by atoms with E-state index in [1.807, 2.05) is 43.3 Å². The van der Waals surface area contributed by atoms with Gasteiger partial charge in [0.25, 0.3) is 0 Å². The van der Waals surface area contributed by atoms with Crippen molar-refractivity contribution < 1.29 is 4.79 Å². The number of halogens is 1. The van der Waals surface area contributed by atoms with Crippen LogP contribution in [-0.4, -0.2) is 35.2 Å². The van der Waals surface area contributed by atoms with Gasteiger partial charge in [-0.1, -0.05) is 48.5 Å². The van der Waals surface area contributed by atoms with Crippen LogP contribution in [0.1, 0.15) is 40.4 Å². The topological polar surface area (TPSA) is 83.3 Å². The van der Waals surface area contributed by atoms with Crippen molar-refractivity contribution in [2.75, 3.05) is 18.9 Å². The van der Waals surface area contributed by atoms with E-state index in [0.29, 0.717) is 25.5 Å². The number of carbonyl (C=O) groups is 1. The van der Waals surface area contributed by atoms with Crippen LogP contribution in [0.2, 0.25) is 0 Å². The van der Waals surface area contributed by atoms with Gasteiger partial charge in [-0.15, -0.1) is 24.0 Å². The smallest absolute Gasteiger partial charge is 0.225 e. The number of aryl methyl sites for hydroxylation is 1. The molecule has 0 radical (unpaired) electrons. The molecule has 1 aliphatic rings. The fourth-order valence-corrected chi connectivity index (χ4v) is 4.20. The molecule has 1 aliphatic heterocycles. The van der Waals surface area contributed by atoms with Gasteiger partial charge in [-0.2, -0.15) is 5.10 Å². The highest BCUT2D eigenvalue weighted by molar-refractivity contribution is 14.0. The summed E-state index contributed by atoms with van der Waals surface area (Å²) in [6.45, 7) is 6.17. The average molecular weight is 558 g/mol. The van der Waals surface area contributed by atoms with E-state index in [2.05, 4.69) is 50.7 Å². The van der Waals surface area contributed by atoms with Crippen molar-refractivity contribution in [1.29, 1.82) is 0 Å². The highest BCUT2D eigenvalue weighted by Gasteiger charge is 2.24. The summed E-state index contributed by atoms with van der Waals surface area (Å²) in [7, 11) is 1.76. The van der Waals surface area contributed by atoms with Gasteiger partial charge in [0.15, 0.2) is 5.96 Å². The molecule has 0 bridgehead atoms. The van der Waals surface area contributed by atoms with Gasteiger partial charge in [0.05, 0.1) is 12.2 Å². The second-order valence-corrected chi connectivity index (χ2v) is 8.14. The number of amides is 1. The van der Waals surface area contributed by atoms with E-state index in [9.17, 15) is 4.79 Å². The molecule has 33 heavy (non-hydrogen) atoms. The Morgan fingerprint density at radius 3 is 2.61 bits per heavy atom. The summed E-state index contributed by atoms with van der Waals surface area (Å²) in [5.41, 5.74) is 6.61. The van der Waals surface area contributed by atoms with Crippen LogP contribution in [0.3, 0.4) is 0 Å². The summed E-state index contributed by atoms with van der Waals surface area (Å²) < 4.78 is 2.05. The lowest BCUT2D eigenvalue weighted by Gasteiger charge is -2.26. The molecule has 4 rings (SSSR count). The number of aromatic nitrogens is 2. The molecule has 3 N–H and O–H groups in total. The van der Waals surface area contributed by atoms with Crippen molar-refractivity contribution in [3.63, 3.8) is 0 Å². The Hall–Kier alpha value is -2.88. The zero-order chi connectivity index (χ0) is 22.5. The van der Waals surface area contributed by atoms with Gasteiger partial charge in [0, 0.05) is 49.4 Å². The minimum atomic E-state index is 0. The van der Waals surface area contributed by atoms with Crippen molar-refractivity contribution in [3.05, 3.63) is 82.7 Å². The van der Waals surface area contributed by atoms with E-state index < -0.39 is 0 Å². The van der Waals surface area contributed by atoms with Gasteiger partial charge in [-0.25, -0.2) is 0 Å². The summed E-state index contributed by atoms with van der Waals surface area (Å²) >= 11 is 0. The lowest BCUT2D eigenvalue weighted by atomic mass is 9.90. The highest BCUT2D eigenvalue weighted by atomic mass is 127. The van der Waals surface area contributed by atoms with Crippen LogP contribution in [0.25, 0.3) is 0 Å². The van der Waals surface area contributed by atoms with E-state index in [-0.39, 0.29) is 35.8 Å². The molecule has 1 aromatic heterocycles.